The van der Waals surface area contributed by atoms with Crippen LogP contribution >= 0.6 is 19.6 Å². The summed E-state index contributed by atoms with van der Waals surface area (Å²) in [6, 6.07) is 0.111. The van der Waals surface area contributed by atoms with Gasteiger partial charge in [0.1, 0.15) is 24.4 Å². The Morgan fingerprint density at radius 1 is 1.03 bits per heavy atom. The molecule has 1 aliphatic carbocycles. The highest BCUT2D eigenvalue weighted by molar-refractivity contribution is 7.64. The topological polar surface area (TPSA) is 176 Å². The van der Waals surface area contributed by atoms with Gasteiger partial charge in [0.05, 0.1) is 25.3 Å². The van der Waals surface area contributed by atoms with E-state index in [1.807, 2.05) is 0 Å². The van der Waals surface area contributed by atoms with Crippen molar-refractivity contribution in [2.75, 3.05) is 13.2 Å². The number of nitrogens with one attached hydrogen (secondary N) is 2. The fourth-order valence-electron chi connectivity index (χ4n) is 4.22. The number of hydrogen-bond acceptors (Lipinski definition) is 12. The molecule has 31 heavy (non-hydrogen) atoms. The highest BCUT2D eigenvalue weighted by atomic mass is 35.5. The Bertz CT molecular complexity index is 680. The molecule has 0 amide bonds. The third kappa shape index (κ3) is 4.31. The molecule has 7 atom stereocenters. The maximum Gasteiger partial charge on any atom is 0.527 e. The largest absolute Gasteiger partial charge is 0.527 e. The van der Waals surface area contributed by atoms with E-state index in [-0.39, 0.29) is 25.1 Å². The molecule has 12 nitrogen and oxygen atoms in total. The van der Waals surface area contributed by atoms with Crippen molar-refractivity contribution in [3.05, 3.63) is 0 Å². The van der Waals surface area contributed by atoms with Gasteiger partial charge in [-0.25, -0.2) is 18.6 Å². The van der Waals surface area contributed by atoms with E-state index < -0.39 is 62.1 Å². The molecule has 4 aliphatic rings. The van der Waals surface area contributed by atoms with Gasteiger partial charge < -0.3 is 29.9 Å². The number of fused-ring (bicyclic) bond motifs is 1. The molecule has 3 aliphatic heterocycles. The maximum absolute atomic E-state index is 12.7. The Morgan fingerprint density at radius 2 is 1.61 bits per heavy atom. The van der Waals surface area contributed by atoms with Crippen molar-refractivity contribution in [2.24, 2.45) is 0 Å². The number of carbonyl (C=O) groups excluding carboxylic acids is 2. The van der Waals surface area contributed by atoms with Crippen LogP contribution in [0.25, 0.3) is 0 Å². The molecule has 6 N–H and O–H groups in total. The predicted molar refractivity (Wildman–Crippen MR) is 104 cm³/mol. The molecule has 0 aromatic carbocycles. The molecular weight excluding hydrogens is 459 g/mol. The quantitative estimate of drug-likeness (QED) is 0.150. The third-order valence-electron chi connectivity index (χ3n) is 6.08. The van der Waals surface area contributed by atoms with Gasteiger partial charge in [-0.3, -0.25) is 0 Å². The van der Waals surface area contributed by atoms with E-state index in [1.54, 1.807) is 0 Å². The summed E-state index contributed by atoms with van der Waals surface area (Å²) in [6.07, 6.45) is -3.83. The van der Waals surface area contributed by atoms with Crippen molar-refractivity contribution < 1.29 is 48.5 Å². The van der Waals surface area contributed by atoms with Crippen LogP contribution in [0.2, 0.25) is 0 Å². The van der Waals surface area contributed by atoms with Crippen molar-refractivity contribution in [3.8, 4) is 0 Å². The first kappa shape index (κ1) is 23.5. The van der Waals surface area contributed by atoms with E-state index in [0.717, 1.165) is 25.7 Å². The van der Waals surface area contributed by atoms with Gasteiger partial charge in [-0.15, -0.1) is 10.2 Å². The van der Waals surface area contributed by atoms with Gasteiger partial charge >= 0.3 is 20.0 Å². The summed E-state index contributed by atoms with van der Waals surface area (Å²) in [7, 11) is -3.11. The van der Waals surface area contributed by atoms with E-state index in [1.165, 1.54) is 0 Å². The van der Waals surface area contributed by atoms with Crippen molar-refractivity contribution in [1.82, 2.24) is 10.2 Å². The van der Waals surface area contributed by atoms with Crippen LogP contribution in [0, 0.1) is 0 Å². The lowest BCUT2D eigenvalue weighted by Crippen LogP contribution is -2.59. The fraction of sp³-hybridized carbons (Fsp3) is 0.882. The molecule has 0 bridgehead atoms. The summed E-state index contributed by atoms with van der Waals surface area (Å²) in [4.78, 5) is 23.2. The van der Waals surface area contributed by atoms with Crippen LogP contribution < -0.4 is 10.2 Å². The Hall–Kier alpha value is -0.660. The summed E-state index contributed by atoms with van der Waals surface area (Å²) < 4.78 is 21.5. The summed E-state index contributed by atoms with van der Waals surface area (Å²) in [5.41, 5.74) is 0. The van der Waals surface area contributed by atoms with Crippen LogP contribution in [0.4, 0.5) is 0 Å². The van der Waals surface area contributed by atoms with Crippen molar-refractivity contribution >= 4 is 31.6 Å². The van der Waals surface area contributed by atoms with E-state index in [0.29, 0.717) is 0 Å². The van der Waals surface area contributed by atoms with Crippen molar-refractivity contribution in [2.45, 2.75) is 79.8 Å². The zero-order valence-corrected chi connectivity index (χ0v) is 18.2. The van der Waals surface area contributed by atoms with Gasteiger partial charge in [0.15, 0.2) is 6.29 Å². The second-order valence-electron chi connectivity index (χ2n) is 8.18. The Morgan fingerprint density at radius 3 is 2.16 bits per heavy atom. The minimum atomic E-state index is -3.11. The van der Waals surface area contributed by atoms with Gasteiger partial charge in [0.25, 0.3) is 0 Å². The molecule has 3 saturated heterocycles. The second kappa shape index (κ2) is 8.94. The van der Waals surface area contributed by atoms with E-state index in [2.05, 4.69) is 10.2 Å². The van der Waals surface area contributed by atoms with Crippen LogP contribution in [0.1, 0.15) is 32.1 Å². The van der Waals surface area contributed by atoms with Gasteiger partial charge in [-0.2, -0.15) is 0 Å². The Balaban J connectivity index is 1.35. The maximum atomic E-state index is 12.7. The zero-order chi connectivity index (χ0) is 22.4. The summed E-state index contributed by atoms with van der Waals surface area (Å²) in [5, 5.41) is 45.1. The molecule has 14 heteroatoms. The van der Waals surface area contributed by atoms with E-state index >= 15 is 0 Å². The second-order valence-corrected chi connectivity index (χ2v) is 10.8. The van der Waals surface area contributed by atoms with Crippen molar-refractivity contribution in [3.63, 3.8) is 0 Å². The average Bonchev–Trinajstić information content (AvgIpc) is 3.09. The van der Waals surface area contributed by atoms with E-state index in [4.69, 9.17) is 30.1 Å². The Kier molecular flexibility index (Phi) is 6.78. The normalized spacial score (nSPS) is 47.7. The fourth-order valence-corrected chi connectivity index (χ4v) is 7.08. The van der Waals surface area contributed by atoms with Gasteiger partial charge in [0, 0.05) is 6.42 Å². The summed E-state index contributed by atoms with van der Waals surface area (Å²) >= 11 is 6.25. The van der Waals surface area contributed by atoms with Gasteiger partial charge in [-0.05, 0) is 12.8 Å². The number of aliphatic hydroxyl groups excluding tert-OH is 4. The first-order valence-electron chi connectivity index (χ1n) is 10.2. The summed E-state index contributed by atoms with van der Waals surface area (Å²) in [6.45, 7) is -0.954. The van der Waals surface area contributed by atoms with E-state index in [9.17, 15) is 30.0 Å². The molecule has 0 radical (unpaired) electrons. The van der Waals surface area contributed by atoms with Gasteiger partial charge in [-0.1, -0.05) is 24.4 Å². The molecule has 0 aromatic heterocycles. The smallest absolute Gasteiger partial charge is 0.394 e. The molecule has 7 unspecified atom stereocenters. The number of halogens is 1. The van der Waals surface area contributed by atoms with Gasteiger partial charge in [0.2, 0.25) is 4.87 Å². The summed E-state index contributed by atoms with van der Waals surface area (Å²) in [5.74, 6) is -1.93. The average molecular weight is 486 g/mol. The van der Waals surface area contributed by atoms with Crippen LogP contribution in [0.5, 0.6) is 0 Å². The highest BCUT2D eigenvalue weighted by Crippen LogP contribution is 2.63. The number of aliphatic hydroxyl groups is 4. The first-order chi connectivity index (χ1) is 14.7. The minimum absolute atomic E-state index is 0.0556. The lowest BCUT2D eigenvalue weighted by atomic mass is 9.92. The molecule has 0 aromatic rings. The zero-order valence-electron chi connectivity index (χ0n) is 16.6. The van der Waals surface area contributed by atoms with Crippen LogP contribution in [0.3, 0.4) is 0 Å². The molecule has 3 heterocycles. The highest BCUT2D eigenvalue weighted by Gasteiger charge is 2.70. The van der Waals surface area contributed by atoms with Crippen LogP contribution in [-0.2, 0) is 28.1 Å². The minimum Gasteiger partial charge on any atom is -0.394 e. The third-order valence-corrected chi connectivity index (χ3v) is 8.77. The number of hydrogen-bond donors (Lipinski definition) is 6. The predicted octanol–water partition coefficient (Wildman–Crippen LogP) is -1.55. The van der Waals surface area contributed by atoms with Crippen LogP contribution in [-0.4, -0.2) is 93.2 Å². The number of ether oxygens (including phenoxy) is 2. The van der Waals surface area contributed by atoms with Crippen molar-refractivity contribution in [1.29, 1.82) is 0 Å². The molecule has 4 fully saturated rings. The molecule has 176 valence electrons. The lowest BCUT2D eigenvalue weighted by molar-refractivity contribution is -0.301. The molecule has 4 rings (SSSR count). The number of carbonyl (C=O) groups is 2. The standard InChI is InChI=1S/C17H27ClN2O10P/c18-17(5-6-27-14-13(24)12(23)11(22)10(7-21)28-14)15(25)29-31(30-16(17)26)19-8-3-1-2-4-9(8)20-31/h8-14,19-24H,1-7H2/q+1. The number of rotatable bonds is 5. The monoisotopic (exact) mass is 485 g/mol. The SMILES string of the molecule is O=C1O[P+]2(NC3CCCCC3N2)OC(=O)C1(Cl)CCOC1OC(CO)C(O)C(O)C1O. The molecular formula is C17H27ClN2O10P+. The number of alkyl halides is 1. The molecule has 1 saturated carbocycles. The Labute approximate surface area is 183 Å². The lowest BCUT2D eigenvalue weighted by Gasteiger charge is -2.39. The first-order valence-corrected chi connectivity index (χ1v) is 12.2. The molecule has 1 spiro atoms. The van der Waals surface area contributed by atoms with Crippen LogP contribution in [0.15, 0.2) is 0 Å².